The minimum absolute atomic E-state index is 0.0117. The number of hydrogen-bond donors (Lipinski definition) is 1. The molecular formula is C23H19N3O4S. The number of nitrogens with zero attached hydrogens (tertiary/aromatic N) is 2. The van der Waals surface area contributed by atoms with Gasteiger partial charge in [-0.05, 0) is 42.0 Å². The summed E-state index contributed by atoms with van der Waals surface area (Å²) >= 11 is 0. The lowest BCUT2D eigenvalue weighted by Gasteiger charge is -2.15. The maximum absolute atomic E-state index is 12.4. The molecule has 1 heterocycles. The SMILES string of the molecule is Cn1nc(-c2ccccc2Oc2ccccc2)c(-c2ccc(S(N)(=O)=O)cc2)cc1=O. The summed E-state index contributed by atoms with van der Waals surface area (Å²) in [5, 5.41) is 9.67. The van der Waals surface area contributed by atoms with Crippen molar-refractivity contribution in [2.75, 3.05) is 0 Å². The molecule has 0 saturated heterocycles. The number of aryl methyl sites for hydroxylation is 1. The number of sulfonamides is 1. The Labute approximate surface area is 179 Å². The molecule has 4 aromatic rings. The first-order chi connectivity index (χ1) is 14.8. The Bertz CT molecular complexity index is 1400. The summed E-state index contributed by atoms with van der Waals surface area (Å²) in [5.41, 5.74) is 2.09. The molecule has 0 aliphatic heterocycles. The minimum Gasteiger partial charge on any atom is -0.457 e. The second-order valence-electron chi connectivity index (χ2n) is 6.85. The number of benzene rings is 3. The van der Waals surface area contributed by atoms with E-state index in [4.69, 9.17) is 9.88 Å². The number of aromatic nitrogens is 2. The molecule has 0 radical (unpaired) electrons. The van der Waals surface area contributed by atoms with Gasteiger partial charge in [-0.1, -0.05) is 42.5 Å². The molecule has 0 unspecified atom stereocenters. The normalized spacial score (nSPS) is 11.3. The number of primary sulfonamides is 1. The van der Waals surface area contributed by atoms with Crippen LogP contribution in [-0.2, 0) is 17.1 Å². The maximum Gasteiger partial charge on any atom is 0.267 e. The Hall–Kier alpha value is -3.75. The first-order valence-electron chi connectivity index (χ1n) is 9.37. The van der Waals surface area contributed by atoms with Crippen molar-refractivity contribution in [3.05, 3.63) is 95.3 Å². The number of ether oxygens (including phenoxy) is 1. The highest BCUT2D eigenvalue weighted by atomic mass is 32.2. The highest BCUT2D eigenvalue weighted by Gasteiger charge is 2.17. The Morgan fingerprint density at radius 3 is 2.19 bits per heavy atom. The van der Waals surface area contributed by atoms with E-state index >= 15 is 0 Å². The number of hydrogen-bond acceptors (Lipinski definition) is 5. The van der Waals surface area contributed by atoms with E-state index in [0.717, 1.165) is 0 Å². The van der Waals surface area contributed by atoms with E-state index in [-0.39, 0.29) is 10.5 Å². The van der Waals surface area contributed by atoms with Crippen LogP contribution in [0.3, 0.4) is 0 Å². The second kappa shape index (κ2) is 8.17. The van der Waals surface area contributed by atoms with Crippen molar-refractivity contribution < 1.29 is 13.2 Å². The van der Waals surface area contributed by atoms with Gasteiger partial charge in [-0.15, -0.1) is 0 Å². The van der Waals surface area contributed by atoms with Crippen molar-refractivity contribution in [3.8, 4) is 33.9 Å². The van der Waals surface area contributed by atoms with E-state index in [2.05, 4.69) is 5.10 Å². The fourth-order valence-corrected chi connectivity index (χ4v) is 3.66. The first kappa shape index (κ1) is 20.5. The van der Waals surface area contributed by atoms with Gasteiger partial charge < -0.3 is 4.74 Å². The highest BCUT2D eigenvalue weighted by Crippen LogP contribution is 2.37. The van der Waals surface area contributed by atoms with Crippen LogP contribution in [0.1, 0.15) is 0 Å². The molecule has 0 amide bonds. The van der Waals surface area contributed by atoms with E-state index in [1.807, 2.05) is 54.6 Å². The van der Waals surface area contributed by atoms with Crippen LogP contribution in [0.25, 0.3) is 22.4 Å². The van der Waals surface area contributed by atoms with Gasteiger partial charge in [0.1, 0.15) is 17.2 Å². The summed E-state index contributed by atoms with van der Waals surface area (Å²) in [6.45, 7) is 0. The van der Waals surface area contributed by atoms with Crippen LogP contribution < -0.4 is 15.4 Å². The predicted molar refractivity (Wildman–Crippen MR) is 118 cm³/mol. The van der Waals surface area contributed by atoms with Crippen LogP contribution >= 0.6 is 0 Å². The standard InChI is InChI=1S/C23H19N3O4S/c1-26-22(27)15-20(16-11-13-18(14-12-16)31(24,28)29)23(25-26)19-9-5-6-10-21(19)30-17-7-3-2-4-8-17/h2-15H,1H3,(H2,24,28,29). The van der Waals surface area contributed by atoms with Crippen molar-refractivity contribution in [1.82, 2.24) is 9.78 Å². The van der Waals surface area contributed by atoms with Crippen LogP contribution in [-0.4, -0.2) is 18.2 Å². The number of nitrogens with two attached hydrogens (primary N) is 1. The molecule has 0 bridgehead atoms. The van der Waals surface area contributed by atoms with Crippen molar-refractivity contribution in [2.45, 2.75) is 4.90 Å². The summed E-state index contributed by atoms with van der Waals surface area (Å²) in [4.78, 5) is 12.3. The van der Waals surface area contributed by atoms with Gasteiger partial charge in [-0.2, -0.15) is 5.10 Å². The molecule has 2 N–H and O–H groups in total. The van der Waals surface area contributed by atoms with E-state index in [9.17, 15) is 13.2 Å². The topological polar surface area (TPSA) is 104 Å². The lowest BCUT2D eigenvalue weighted by molar-refractivity contribution is 0.484. The van der Waals surface area contributed by atoms with Gasteiger partial charge in [0.25, 0.3) is 5.56 Å². The van der Waals surface area contributed by atoms with Crippen LogP contribution in [0.2, 0.25) is 0 Å². The third-order valence-corrected chi connectivity index (χ3v) is 5.63. The van der Waals surface area contributed by atoms with E-state index in [0.29, 0.717) is 33.9 Å². The molecular weight excluding hydrogens is 414 g/mol. The summed E-state index contributed by atoms with van der Waals surface area (Å²) in [6, 6.07) is 24.2. The number of rotatable bonds is 5. The van der Waals surface area contributed by atoms with Gasteiger partial charge in [-0.3, -0.25) is 4.79 Å². The average molecular weight is 433 g/mol. The van der Waals surface area contributed by atoms with Gasteiger partial charge in [0.05, 0.1) is 4.90 Å². The third-order valence-electron chi connectivity index (χ3n) is 4.70. The molecule has 31 heavy (non-hydrogen) atoms. The predicted octanol–water partition coefficient (Wildman–Crippen LogP) is 3.55. The molecule has 0 atom stereocenters. The van der Waals surface area contributed by atoms with Crippen molar-refractivity contribution in [2.24, 2.45) is 12.2 Å². The van der Waals surface area contributed by atoms with Gasteiger partial charge in [0.15, 0.2) is 0 Å². The molecule has 3 aromatic carbocycles. The summed E-state index contributed by atoms with van der Waals surface area (Å²) in [5.74, 6) is 1.24. The molecule has 0 saturated carbocycles. The van der Waals surface area contributed by atoms with Crippen molar-refractivity contribution in [1.29, 1.82) is 0 Å². The fraction of sp³-hybridized carbons (Fsp3) is 0.0435. The summed E-state index contributed by atoms with van der Waals surface area (Å²) in [7, 11) is -2.25. The fourth-order valence-electron chi connectivity index (χ4n) is 3.15. The van der Waals surface area contributed by atoms with Crippen LogP contribution in [0.4, 0.5) is 0 Å². The molecule has 7 nitrogen and oxygen atoms in total. The van der Waals surface area contributed by atoms with Crippen molar-refractivity contribution in [3.63, 3.8) is 0 Å². The van der Waals surface area contributed by atoms with E-state index < -0.39 is 10.0 Å². The first-order valence-corrected chi connectivity index (χ1v) is 10.9. The molecule has 8 heteroatoms. The minimum atomic E-state index is -3.82. The summed E-state index contributed by atoms with van der Waals surface area (Å²) in [6.07, 6.45) is 0. The molecule has 0 spiro atoms. The van der Waals surface area contributed by atoms with Crippen molar-refractivity contribution >= 4 is 10.0 Å². The van der Waals surface area contributed by atoms with Crippen LogP contribution in [0.5, 0.6) is 11.5 Å². The average Bonchev–Trinajstić information content (AvgIpc) is 2.76. The second-order valence-corrected chi connectivity index (χ2v) is 8.41. The molecule has 156 valence electrons. The Morgan fingerprint density at radius 2 is 1.52 bits per heavy atom. The Kier molecular flexibility index (Phi) is 5.41. The lowest BCUT2D eigenvalue weighted by atomic mass is 9.99. The maximum atomic E-state index is 12.4. The monoisotopic (exact) mass is 433 g/mol. The van der Waals surface area contributed by atoms with Gasteiger partial charge in [-0.25, -0.2) is 18.2 Å². The third kappa shape index (κ3) is 4.40. The molecule has 0 aliphatic rings. The quantitative estimate of drug-likeness (QED) is 0.518. The van der Waals surface area contributed by atoms with E-state index in [1.54, 1.807) is 19.2 Å². The molecule has 4 rings (SSSR count). The Balaban J connectivity index is 1.87. The highest BCUT2D eigenvalue weighted by molar-refractivity contribution is 7.89. The van der Waals surface area contributed by atoms with E-state index in [1.165, 1.54) is 22.9 Å². The number of para-hydroxylation sites is 2. The van der Waals surface area contributed by atoms with Gasteiger partial charge >= 0.3 is 0 Å². The lowest BCUT2D eigenvalue weighted by Crippen LogP contribution is -2.19. The zero-order valence-corrected chi connectivity index (χ0v) is 17.4. The molecule has 0 fully saturated rings. The molecule has 0 aliphatic carbocycles. The zero-order chi connectivity index (χ0) is 22.0. The molecule has 1 aromatic heterocycles. The summed E-state index contributed by atoms with van der Waals surface area (Å²) < 4.78 is 30.5. The van der Waals surface area contributed by atoms with Gasteiger partial charge in [0, 0.05) is 24.2 Å². The smallest absolute Gasteiger partial charge is 0.267 e. The Morgan fingerprint density at radius 1 is 0.871 bits per heavy atom. The van der Waals surface area contributed by atoms with Gasteiger partial charge in [0.2, 0.25) is 10.0 Å². The largest absolute Gasteiger partial charge is 0.457 e. The van der Waals surface area contributed by atoms with Crippen LogP contribution in [0.15, 0.2) is 94.6 Å². The zero-order valence-electron chi connectivity index (χ0n) is 16.6. The van der Waals surface area contributed by atoms with Crippen LogP contribution in [0, 0.1) is 0 Å².